The molecule has 0 aliphatic carbocycles. The topological polar surface area (TPSA) is 71.1 Å². The van der Waals surface area contributed by atoms with Crippen molar-refractivity contribution in [3.63, 3.8) is 0 Å². The molecule has 2 N–H and O–H groups in total. The Morgan fingerprint density at radius 2 is 1.71 bits per heavy atom. The van der Waals surface area contributed by atoms with E-state index in [9.17, 15) is 22.8 Å². The molecular weight excluding hydrogens is 415 g/mol. The summed E-state index contributed by atoms with van der Waals surface area (Å²) in [5.41, 5.74) is 3.96. The molecule has 0 unspecified atom stereocenters. The van der Waals surface area contributed by atoms with E-state index in [0.29, 0.717) is 0 Å². The Bertz CT molecular complexity index is 1040. The van der Waals surface area contributed by atoms with Gasteiger partial charge in [0.15, 0.2) is 0 Å². The van der Waals surface area contributed by atoms with Crippen molar-refractivity contribution in [2.75, 3.05) is 0 Å². The highest BCUT2D eigenvalue weighted by Crippen LogP contribution is 2.33. The van der Waals surface area contributed by atoms with Crippen molar-refractivity contribution in [1.82, 2.24) is 15.8 Å². The van der Waals surface area contributed by atoms with E-state index in [1.54, 1.807) is 12.1 Å². The van der Waals surface area contributed by atoms with Crippen molar-refractivity contribution < 1.29 is 22.8 Å². The first-order valence-electron chi connectivity index (χ1n) is 7.74. The van der Waals surface area contributed by atoms with Gasteiger partial charge in [0, 0.05) is 10.9 Å². The average molecular weight is 426 g/mol. The Balaban J connectivity index is 1.69. The van der Waals surface area contributed by atoms with Crippen molar-refractivity contribution in [1.29, 1.82) is 0 Å². The van der Waals surface area contributed by atoms with E-state index in [1.165, 1.54) is 29.6 Å². The zero-order valence-electron chi connectivity index (χ0n) is 13.9. The Morgan fingerprint density at radius 1 is 1.00 bits per heavy atom. The van der Waals surface area contributed by atoms with Gasteiger partial charge in [-0.2, -0.15) is 13.2 Å². The van der Waals surface area contributed by atoms with Gasteiger partial charge >= 0.3 is 6.18 Å². The lowest BCUT2D eigenvalue weighted by Gasteiger charge is -2.07. The van der Waals surface area contributed by atoms with E-state index >= 15 is 0 Å². The van der Waals surface area contributed by atoms with Gasteiger partial charge < -0.3 is 0 Å². The summed E-state index contributed by atoms with van der Waals surface area (Å²) in [6, 6.07) is 10.9. The summed E-state index contributed by atoms with van der Waals surface area (Å²) >= 11 is 6.91. The molecule has 0 spiro atoms. The van der Waals surface area contributed by atoms with Gasteiger partial charge in [-0.3, -0.25) is 20.4 Å². The lowest BCUT2D eigenvalue weighted by atomic mass is 10.1. The molecule has 0 aliphatic rings. The largest absolute Gasteiger partial charge is 0.416 e. The minimum absolute atomic E-state index is 0.0446. The predicted molar refractivity (Wildman–Crippen MR) is 98.9 cm³/mol. The van der Waals surface area contributed by atoms with Crippen LogP contribution in [0.1, 0.15) is 26.4 Å². The van der Waals surface area contributed by atoms with Gasteiger partial charge in [-0.25, -0.2) is 4.98 Å². The smallest absolute Gasteiger partial charge is 0.267 e. The number of thiazole rings is 1. The van der Waals surface area contributed by atoms with Gasteiger partial charge in [-0.05, 0) is 24.3 Å². The maximum absolute atomic E-state index is 12.8. The number of carbonyl (C=O) groups is 2. The van der Waals surface area contributed by atoms with Crippen molar-refractivity contribution >= 4 is 34.8 Å². The number of rotatable bonds is 3. The fourth-order valence-corrected chi connectivity index (χ4v) is 3.25. The van der Waals surface area contributed by atoms with Crippen LogP contribution in [0.2, 0.25) is 5.02 Å². The molecule has 3 aromatic rings. The van der Waals surface area contributed by atoms with Crippen molar-refractivity contribution in [2.45, 2.75) is 6.18 Å². The van der Waals surface area contributed by atoms with Crippen LogP contribution < -0.4 is 10.9 Å². The fourth-order valence-electron chi connectivity index (χ4n) is 2.23. The standard InChI is InChI=1S/C18H11ClF3N3O2S/c19-13-7-2-1-6-12(13)15(26)24-25-16(27)14-9-28-17(23-14)10-4-3-5-11(8-10)18(20,21)22/h1-9H,(H,24,26)(H,25,27). The van der Waals surface area contributed by atoms with Crippen LogP contribution in [-0.4, -0.2) is 16.8 Å². The van der Waals surface area contributed by atoms with Gasteiger partial charge in [0.25, 0.3) is 11.8 Å². The molecular formula is C18H11ClF3N3O2S. The molecule has 0 saturated heterocycles. The number of hydrogen-bond acceptors (Lipinski definition) is 4. The summed E-state index contributed by atoms with van der Waals surface area (Å²) in [5, 5.41) is 1.84. The lowest BCUT2D eigenvalue weighted by molar-refractivity contribution is -0.137. The zero-order valence-corrected chi connectivity index (χ0v) is 15.5. The lowest BCUT2D eigenvalue weighted by Crippen LogP contribution is -2.41. The minimum Gasteiger partial charge on any atom is -0.267 e. The maximum Gasteiger partial charge on any atom is 0.416 e. The molecule has 0 radical (unpaired) electrons. The van der Waals surface area contributed by atoms with Gasteiger partial charge in [0.2, 0.25) is 0 Å². The number of halogens is 4. The van der Waals surface area contributed by atoms with Crippen molar-refractivity contribution in [3.05, 3.63) is 75.8 Å². The molecule has 0 atom stereocenters. The van der Waals surface area contributed by atoms with Crippen LogP contribution in [0.3, 0.4) is 0 Å². The molecule has 2 amide bonds. The zero-order chi connectivity index (χ0) is 20.3. The number of amides is 2. The SMILES string of the molecule is O=C(NNC(=O)c1ccccc1Cl)c1csc(-c2cccc(C(F)(F)F)c2)n1. The van der Waals surface area contributed by atoms with Crippen LogP contribution in [0, 0.1) is 0 Å². The summed E-state index contributed by atoms with van der Waals surface area (Å²) in [7, 11) is 0. The molecule has 2 aromatic carbocycles. The van der Waals surface area contributed by atoms with E-state index in [0.717, 1.165) is 23.5 Å². The van der Waals surface area contributed by atoms with Crippen molar-refractivity contribution in [2.24, 2.45) is 0 Å². The molecule has 5 nitrogen and oxygen atoms in total. The highest BCUT2D eigenvalue weighted by Gasteiger charge is 2.30. The third-order valence-electron chi connectivity index (χ3n) is 3.58. The Labute approximate surface area is 166 Å². The van der Waals surface area contributed by atoms with Crippen LogP contribution in [-0.2, 0) is 6.18 Å². The fraction of sp³-hybridized carbons (Fsp3) is 0.0556. The van der Waals surface area contributed by atoms with Crippen LogP contribution in [0.5, 0.6) is 0 Å². The van der Waals surface area contributed by atoms with E-state index < -0.39 is 23.6 Å². The summed E-state index contributed by atoms with van der Waals surface area (Å²) in [6.45, 7) is 0. The summed E-state index contributed by atoms with van der Waals surface area (Å²) in [4.78, 5) is 28.2. The first kappa shape index (κ1) is 19.8. The number of carbonyl (C=O) groups excluding carboxylic acids is 2. The van der Waals surface area contributed by atoms with Crippen LogP contribution in [0.15, 0.2) is 53.9 Å². The predicted octanol–water partition coefficient (Wildman–Crippen LogP) is 4.56. The number of hydrazine groups is 1. The van der Waals surface area contributed by atoms with E-state index in [4.69, 9.17) is 11.6 Å². The maximum atomic E-state index is 12.8. The third kappa shape index (κ3) is 4.49. The Kier molecular flexibility index (Phi) is 5.66. The number of hydrogen-bond donors (Lipinski definition) is 2. The highest BCUT2D eigenvalue weighted by atomic mass is 35.5. The number of nitrogens with one attached hydrogen (secondary N) is 2. The van der Waals surface area contributed by atoms with Gasteiger partial charge in [-0.15, -0.1) is 11.3 Å². The Morgan fingerprint density at radius 3 is 2.43 bits per heavy atom. The second-order valence-corrected chi connectivity index (χ2v) is 6.77. The first-order chi connectivity index (χ1) is 13.3. The van der Waals surface area contributed by atoms with Gasteiger partial charge in [-0.1, -0.05) is 35.9 Å². The number of alkyl halides is 3. The van der Waals surface area contributed by atoms with E-state index in [2.05, 4.69) is 15.8 Å². The van der Waals surface area contributed by atoms with Crippen LogP contribution in [0.25, 0.3) is 10.6 Å². The van der Waals surface area contributed by atoms with Crippen molar-refractivity contribution in [3.8, 4) is 10.6 Å². The normalized spacial score (nSPS) is 11.1. The molecule has 3 rings (SSSR count). The minimum atomic E-state index is -4.48. The average Bonchev–Trinajstić information content (AvgIpc) is 3.16. The van der Waals surface area contributed by atoms with Gasteiger partial charge in [0.05, 0.1) is 16.1 Å². The second-order valence-electron chi connectivity index (χ2n) is 5.50. The molecule has 10 heteroatoms. The third-order valence-corrected chi connectivity index (χ3v) is 4.80. The summed E-state index contributed by atoms with van der Waals surface area (Å²) in [5.74, 6) is -1.33. The summed E-state index contributed by atoms with van der Waals surface area (Å²) in [6.07, 6.45) is -4.48. The molecule has 0 bridgehead atoms. The van der Waals surface area contributed by atoms with Crippen LogP contribution >= 0.6 is 22.9 Å². The number of aromatic nitrogens is 1. The molecule has 144 valence electrons. The number of benzene rings is 2. The van der Waals surface area contributed by atoms with Crippen LogP contribution in [0.4, 0.5) is 13.2 Å². The highest BCUT2D eigenvalue weighted by molar-refractivity contribution is 7.13. The monoisotopic (exact) mass is 425 g/mol. The molecule has 0 saturated carbocycles. The Hall–Kier alpha value is -2.91. The van der Waals surface area contributed by atoms with E-state index in [-0.39, 0.29) is 26.9 Å². The molecule has 1 heterocycles. The first-order valence-corrected chi connectivity index (χ1v) is 9.00. The molecule has 1 aromatic heterocycles. The van der Waals surface area contributed by atoms with E-state index in [1.807, 2.05) is 0 Å². The summed E-state index contributed by atoms with van der Waals surface area (Å²) < 4.78 is 38.5. The second kappa shape index (κ2) is 7.99. The quantitative estimate of drug-likeness (QED) is 0.604. The molecule has 0 fully saturated rings. The van der Waals surface area contributed by atoms with Gasteiger partial charge in [0.1, 0.15) is 10.7 Å². The molecule has 0 aliphatic heterocycles. The number of nitrogens with zero attached hydrogens (tertiary/aromatic N) is 1. The molecule has 28 heavy (non-hydrogen) atoms.